The fourth-order valence-electron chi connectivity index (χ4n) is 0.347. The van der Waals surface area contributed by atoms with Crippen LogP contribution >= 0.6 is 11.6 Å². The van der Waals surface area contributed by atoms with Crippen LogP contribution in [0.5, 0.6) is 0 Å². The SMILES string of the molecule is C=C(/C=C\C=C/C)CCl. The maximum Gasteiger partial charge on any atom is 0.0468 e. The van der Waals surface area contributed by atoms with E-state index in [1.807, 2.05) is 31.2 Å². The van der Waals surface area contributed by atoms with Gasteiger partial charge in [0.1, 0.15) is 0 Å². The molecule has 0 unspecified atom stereocenters. The van der Waals surface area contributed by atoms with Gasteiger partial charge in [-0.1, -0.05) is 30.9 Å². The third-order valence-corrected chi connectivity index (χ3v) is 1.15. The van der Waals surface area contributed by atoms with Gasteiger partial charge < -0.3 is 0 Å². The van der Waals surface area contributed by atoms with Gasteiger partial charge in [-0.2, -0.15) is 0 Å². The van der Waals surface area contributed by atoms with E-state index in [1.165, 1.54) is 0 Å². The first-order valence-electron chi connectivity index (χ1n) is 2.84. The quantitative estimate of drug-likeness (QED) is 0.420. The largest absolute Gasteiger partial charge is 0.122 e. The van der Waals surface area contributed by atoms with Crippen LogP contribution in [0, 0.1) is 0 Å². The van der Waals surface area contributed by atoms with Crippen LogP contribution in [0.4, 0.5) is 0 Å². The first kappa shape index (κ1) is 8.51. The Kier molecular flexibility index (Phi) is 5.34. The second-order valence-electron chi connectivity index (χ2n) is 1.68. The zero-order valence-electron chi connectivity index (χ0n) is 5.60. The van der Waals surface area contributed by atoms with Gasteiger partial charge in [-0.15, -0.1) is 11.6 Å². The van der Waals surface area contributed by atoms with E-state index in [0.29, 0.717) is 5.88 Å². The molecule has 0 aromatic rings. The molecule has 0 aliphatic rings. The van der Waals surface area contributed by atoms with E-state index in [1.54, 1.807) is 0 Å². The Labute approximate surface area is 61.5 Å². The standard InChI is InChI=1S/C8H11Cl/c1-3-4-5-6-8(2)7-9/h3-6H,2,7H2,1H3/b4-3-,6-5-. The van der Waals surface area contributed by atoms with Crippen LogP contribution in [0.25, 0.3) is 0 Å². The van der Waals surface area contributed by atoms with Gasteiger partial charge in [0, 0.05) is 5.88 Å². The minimum Gasteiger partial charge on any atom is -0.122 e. The van der Waals surface area contributed by atoms with E-state index in [4.69, 9.17) is 11.6 Å². The van der Waals surface area contributed by atoms with E-state index in [2.05, 4.69) is 6.58 Å². The molecule has 0 N–H and O–H groups in total. The first-order valence-corrected chi connectivity index (χ1v) is 3.37. The van der Waals surface area contributed by atoms with Crippen molar-refractivity contribution in [1.29, 1.82) is 0 Å². The minimum absolute atomic E-state index is 0.508. The summed E-state index contributed by atoms with van der Waals surface area (Å²) in [6.45, 7) is 5.66. The lowest BCUT2D eigenvalue weighted by Crippen LogP contribution is -1.71. The summed E-state index contributed by atoms with van der Waals surface area (Å²) in [6.07, 6.45) is 7.72. The molecule has 0 nitrogen and oxygen atoms in total. The highest BCUT2D eigenvalue weighted by Gasteiger charge is 1.78. The molecule has 0 fully saturated rings. The molecule has 0 aliphatic heterocycles. The lowest BCUT2D eigenvalue weighted by Gasteiger charge is -1.85. The van der Waals surface area contributed by atoms with Gasteiger partial charge in [-0.25, -0.2) is 0 Å². The predicted octanol–water partition coefficient (Wildman–Crippen LogP) is 2.91. The van der Waals surface area contributed by atoms with Gasteiger partial charge in [0.05, 0.1) is 0 Å². The van der Waals surface area contributed by atoms with Crippen molar-refractivity contribution in [2.45, 2.75) is 6.92 Å². The van der Waals surface area contributed by atoms with Crippen molar-refractivity contribution in [3.8, 4) is 0 Å². The zero-order valence-corrected chi connectivity index (χ0v) is 6.36. The van der Waals surface area contributed by atoms with Crippen LogP contribution in [-0.4, -0.2) is 5.88 Å². The summed E-state index contributed by atoms with van der Waals surface area (Å²) in [5, 5.41) is 0. The Morgan fingerprint density at radius 2 is 2.22 bits per heavy atom. The molecule has 0 saturated heterocycles. The molecule has 0 aromatic heterocycles. The molecular formula is C8H11Cl. The fourth-order valence-corrected chi connectivity index (χ4v) is 0.436. The second kappa shape index (κ2) is 5.64. The average molecular weight is 143 g/mol. The molecule has 0 spiro atoms. The summed E-state index contributed by atoms with van der Waals surface area (Å²) in [5.41, 5.74) is 0.940. The van der Waals surface area contributed by atoms with Crippen LogP contribution in [0.2, 0.25) is 0 Å². The van der Waals surface area contributed by atoms with Gasteiger partial charge in [-0.3, -0.25) is 0 Å². The molecule has 0 aromatic carbocycles. The first-order chi connectivity index (χ1) is 4.31. The number of hydrogen-bond donors (Lipinski definition) is 0. The molecule has 0 heterocycles. The van der Waals surface area contributed by atoms with Crippen LogP contribution in [-0.2, 0) is 0 Å². The smallest absolute Gasteiger partial charge is 0.0468 e. The van der Waals surface area contributed by atoms with Crippen molar-refractivity contribution in [2.24, 2.45) is 0 Å². The number of halogens is 1. The molecule has 1 heteroatoms. The highest BCUT2D eigenvalue weighted by atomic mass is 35.5. The molecular weight excluding hydrogens is 132 g/mol. The fraction of sp³-hybridized carbons (Fsp3) is 0.250. The maximum atomic E-state index is 5.46. The summed E-state index contributed by atoms with van der Waals surface area (Å²) < 4.78 is 0. The van der Waals surface area contributed by atoms with E-state index in [0.717, 1.165) is 5.57 Å². The monoisotopic (exact) mass is 142 g/mol. The average Bonchev–Trinajstić information content (AvgIpc) is 1.89. The van der Waals surface area contributed by atoms with E-state index in [-0.39, 0.29) is 0 Å². The Bertz CT molecular complexity index is 132. The van der Waals surface area contributed by atoms with Crippen molar-refractivity contribution in [3.63, 3.8) is 0 Å². The Morgan fingerprint density at radius 1 is 1.56 bits per heavy atom. The molecule has 50 valence electrons. The summed E-state index contributed by atoms with van der Waals surface area (Å²) in [5.74, 6) is 0.508. The summed E-state index contributed by atoms with van der Waals surface area (Å²) in [7, 11) is 0. The van der Waals surface area contributed by atoms with Gasteiger partial charge in [0.15, 0.2) is 0 Å². The third-order valence-electron chi connectivity index (χ3n) is 0.807. The topological polar surface area (TPSA) is 0 Å². The van der Waals surface area contributed by atoms with Crippen LogP contribution in [0.3, 0.4) is 0 Å². The van der Waals surface area contributed by atoms with Gasteiger partial charge in [0.2, 0.25) is 0 Å². The molecule has 0 bridgehead atoms. The maximum absolute atomic E-state index is 5.46. The van der Waals surface area contributed by atoms with E-state index < -0.39 is 0 Å². The molecule has 0 radical (unpaired) electrons. The number of alkyl halides is 1. The highest BCUT2D eigenvalue weighted by Crippen LogP contribution is 1.94. The van der Waals surface area contributed by atoms with Crippen molar-refractivity contribution < 1.29 is 0 Å². The molecule has 0 amide bonds. The lowest BCUT2D eigenvalue weighted by atomic mass is 10.3. The third kappa shape index (κ3) is 5.38. The van der Waals surface area contributed by atoms with E-state index >= 15 is 0 Å². The molecule has 0 saturated carbocycles. The second-order valence-corrected chi connectivity index (χ2v) is 1.94. The Balaban J connectivity index is 3.57. The molecule has 0 rings (SSSR count). The van der Waals surface area contributed by atoms with Gasteiger partial charge in [0.25, 0.3) is 0 Å². The molecule has 9 heavy (non-hydrogen) atoms. The van der Waals surface area contributed by atoms with Crippen molar-refractivity contribution in [3.05, 3.63) is 36.5 Å². The summed E-state index contributed by atoms with van der Waals surface area (Å²) in [6, 6.07) is 0. The summed E-state index contributed by atoms with van der Waals surface area (Å²) in [4.78, 5) is 0. The Morgan fingerprint density at radius 3 is 2.67 bits per heavy atom. The van der Waals surface area contributed by atoms with Gasteiger partial charge >= 0.3 is 0 Å². The van der Waals surface area contributed by atoms with E-state index in [9.17, 15) is 0 Å². The number of rotatable bonds is 3. The van der Waals surface area contributed by atoms with Gasteiger partial charge in [-0.05, 0) is 12.5 Å². The van der Waals surface area contributed by atoms with Crippen LogP contribution in [0.1, 0.15) is 6.92 Å². The summed E-state index contributed by atoms with van der Waals surface area (Å²) >= 11 is 5.46. The minimum atomic E-state index is 0.508. The molecule has 0 atom stereocenters. The van der Waals surface area contributed by atoms with Crippen LogP contribution in [0.15, 0.2) is 36.5 Å². The highest BCUT2D eigenvalue weighted by molar-refractivity contribution is 6.19. The predicted molar refractivity (Wildman–Crippen MR) is 43.8 cm³/mol. The Hall–Kier alpha value is -0.490. The van der Waals surface area contributed by atoms with Crippen molar-refractivity contribution >= 4 is 11.6 Å². The number of hydrogen-bond acceptors (Lipinski definition) is 0. The normalized spacial score (nSPS) is 11.3. The number of allylic oxidation sites excluding steroid dienone is 5. The lowest BCUT2D eigenvalue weighted by molar-refractivity contribution is 1.56. The molecule has 0 aliphatic carbocycles. The van der Waals surface area contributed by atoms with Crippen molar-refractivity contribution in [2.75, 3.05) is 5.88 Å². The van der Waals surface area contributed by atoms with Crippen LogP contribution < -0.4 is 0 Å². The zero-order chi connectivity index (χ0) is 7.11. The van der Waals surface area contributed by atoms with Crippen molar-refractivity contribution in [1.82, 2.24) is 0 Å².